The summed E-state index contributed by atoms with van der Waals surface area (Å²) in [5, 5.41) is 13.9. The molecule has 1 saturated heterocycles. The minimum atomic E-state index is -0.620. The third-order valence-corrected chi connectivity index (χ3v) is 5.41. The fourth-order valence-corrected chi connectivity index (χ4v) is 3.55. The van der Waals surface area contributed by atoms with Gasteiger partial charge in [0.1, 0.15) is 10.8 Å². The lowest BCUT2D eigenvalue weighted by Crippen LogP contribution is -2.48. The molecule has 1 heterocycles. The van der Waals surface area contributed by atoms with Crippen molar-refractivity contribution in [3.63, 3.8) is 0 Å². The van der Waals surface area contributed by atoms with Gasteiger partial charge in [0.15, 0.2) is 0 Å². The van der Waals surface area contributed by atoms with Crippen molar-refractivity contribution in [3.05, 3.63) is 74.5 Å². The smallest absolute Gasteiger partial charge is 0.288 e. The number of halogens is 2. The van der Waals surface area contributed by atoms with Crippen molar-refractivity contribution in [1.29, 1.82) is 0 Å². The minimum absolute atomic E-state index is 0.0202. The van der Waals surface area contributed by atoms with E-state index in [0.29, 0.717) is 6.54 Å². The summed E-state index contributed by atoms with van der Waals surface area (Å²) in [5.41, 5.74) is 0.754. The van der Waals surface area contributed by atoms with Gasteiger partial charge in [-0.1, -0.05) is 23.7 Å². The van der Waals surface area contributed by atoms with E-state index in [9.17, 15) is 19.3 Å². The van der Waals surface area contributed by atoms with Gasteiger partial charge in [-0.15, -0.1) is 0 Å². The summed E-state index contributed by atoms with van der Waals surface area (Å²) in [7, 11) is 2.06. The van der Waals surface area contributed by atoms with Gasteiger partial charge in [0, 0.05) is 44.4 Å². The Morgan fingerprint density at radius 2 is 1.86 bits per heavy atom. The Morgan fingerprint density at radius 3 is 2.48 bits per heavy atom. The van der Waals surface area contributed by atoms with Crippen LogP contribution in [0.1, 0.15) is 22.0 Å². The van der Waals surface area contributed by atoms with E-state index < -0.39 is 10.8 Å². The molecule has 1 aliphatic rings. The number of carbonyl (C=O) groups is 1. The first-order valence-electron chi connectivity index (χ1n) is 9.25. The van der Waals surface area contributed by atoms with Crippen LogP contribution in [0.4, 0.5) is 10.1 Å². The van der Waals surface area contributed by atoms with Crippen LogP contribution in [-0.4, -0.2) is 60.4 Å². The number of rotatable bonds is 6. The predicted octanol–water partition coefficient (Wildman–Crippen LogP) is 3.11. The molecule has 0 radical (unpaired) electrons. The Labute approximate surface area is 173 Å². The van der Waals surface area contributed by atoms with Crippen LogP contribution < -0.4 is 5.32 Å². The van der Waals surface area contributed by atoms with Gasteiger partial charge in [0.2, 0.25) is 0 Å². The van der Waals surface area contributed by atoms with Gasteiger partial charge in [-0.3, -0.25) is 19.8 Å². The number of nitro benzene ring substituents is 1. The monoisotopic (exact) mass is 420 g/mol. The zero-order valence-electron chi connectivity index (χ0n) is 16.0. The molecule has 0 aliphatic carbocycles. The van der Waals surface area contributed by atoms with E-state index in [1.807, 2.05) is 0 Å². The van der Waals surface area contributed by atoms with E-state index in [-0.39, 0.29) is 28.1 Å². The van der Waals surface area contributed by atoms with E-state index in [1.165, 1.54) is 30.3 Å². The van der Waals surface area contributed by atoms with Crippen LogP contribution >= 0.6 is 11.6 Å². The van der Waals surface area contributed by atoms with Crippen LogP contribution in [0.3, 0.4) is 0 Å². The average Bonchev–Trinajstić information content (AvgIpc) is 2.70. The molecule has 2 aromatic carbocycles. The predicted molar refractivity (Wildman–Crippen MR) is 109 cm³/mol. The lowest BCUT2D eigenvalue weighted by Gasteiger charge is -2.38. The van der Waals surface area contributed by atoms with E-state index in [4.69, 9.17) is 11.6 Å². The van der Waals surface area contributed by atoms with Crippen molar-refractivity contribution in [2.24, 2.45) is 0 Å². The van der Waals surface area contributed by atoms with Crippen LogP contribution in [-0.2, 0) is 0 Å². The molecular weight excluding hydrogens is 399 g/mol. The Bertz CT molecular complexity index is 886. The van der Waals surface area contributed by atoms with Gasteiger partial charge >= 0.3 is 0 Å². The Balaban J connectivity index is 1.75. The summed E-state index contributed by atoms with van der Waals surface area (Å²) in [6.07, 6.45) is 0. The minimum Gasteiger partial charge on any atom is -0.350 e. The van der Waals surface area contributed by atoms with E-state index in [1.54, 1.807) is 12.1 Å². The van der Waals surface area contributed by atoms with Crippen molar-refractivity contribution in [2.75, 3.05) is 39.8 Å². The highest BCUT2D eigenvalue weighted by Gasteiger charge is 2.25. The third-order valence-electron chi connectivity index (χ3n) is 5.09. The number of nitro groups is 1. The molecule has 9 heteroatoms. The molecule has 1 fully saturated rings. The standard InChI is InChI=1S/C20H22ClFN4O3/c1-24-8-10-25(11-9-24)19(14-2-5-16(22)6-3-14)13-23-20(27)15-4-7-17(21)18(12-15)26(28)29/h2-7,12,19H,8-11,13H2,1H3,(H,23,27). The molecule has 7 nitrogen and oxygen atoms in total. The van der Waals surface area contributed by atoms with Crippen LogP contribution in [0.2, 0.25) is 5.02 Å². The number of hydrogen-bond acceptors (Lipinski definition) is 5. The normalized spacial score (nSPS) is 16.4. The summed E-state index contributed by atoms with van der Waals surface area (Å²) < 4.78 is 13.4. The van der Waals surface area contributed by atoms with Gasteiger partial charge in [-0.2, -0.15) is 0 Å². The number of amides is 1. The molecule has 3 rings (SSSR count). The Morgan fingerprint density at radius 1 is 1.21 bits per heavy atom. The second-order valence-electron chi connectivity index (χ2n) is 7.04. The second-order valence-corrected chi connectivity index (χ2v) is 7.45. The van der Waals surface area contributed by atoms with Crippen LogP contribution in [0.25, 0.3) is 0 Å². The maximum atomic E-state index is 13.4. The molecule has 1 aliphatic heterocycles. The number of likely N-dealkylation sites (N-methyl/N-ethyl adjacent to an activating group) is 1. The maximum Gasteiger partial charge on any atom is 0.288 e. The van der Waals surface area contributed by atoms with Crippen molar-refractivity contribution in [3.8, 4) is 0 Å². The lowest BCUT2D eigenvalue weighted by atomic mass is 10.0. The number of benzene rings is 2. The molecule has 0 bridgehead atoms. The first kappa shape index (κ1) is 21.2. The summed E-state index contributed by atoms with van der Waals surface area (Å²) in [6.45, 7) is 3.73. The summed E-state index contributed by atoms with van der Waals surface area (Å²) >= 11 is 5.81. The maximum absolute atomic E-state index is 13.4. The van der Waals surface area contributed by atoms with Crippen molar-refractivity contribution in [2.45, 2.75) is 6.04 Å². The SMILES string of the molecule is CN1CCN(C(CNC(=O)c2ccc(Cl)c([N+](=O)[O-])c2)c2ccc(F)cc2)CC1. The average molecular weight is 421 g/mol. The molecular formula is C20H22ClFN4O3. The third kappa shape index (κ3) is 5.29. The highest BCUT2D eigenvalue weighted by atomic mass is 35.5. The zero-order chi connectivity index (χ0) is 21.0. The van der Waals surface area contributed by atoms with Gasteiger partial charge in [0.25, 0.3) is 11.6 Å². The van der Waals surface area contributed by atoms with Gasteiger partial charge in [-0.05, 0) is 36.9 Å². The first-order chi connectivity index (χ1) is 13.8. The highest BCUT2D eigenvalue weighted by molar-refractivity contribution is 6.32. The molecule has 0 spiro atoms. The van der Waals surface area contributed by atoms with E-state index in [2.05, 4.69) is 22.2 Å². The summed E-state index contributed by atoms with van der Waals surface area (Å²) in [5.74, 6) is -0.741. The molecule has 1 atom stereocenters. The molecule has 29 heavy (non-hydrogen) atoms. The highest BCUT2D eigenvalue weighted by Crippen LogP contribution is 2.26. The fourth-order valence-electron chi connectivity index (χ4n) is 3.36. The number of piperazine rings is 1. The largest absolute Gasteiger partial charge is 0.350 e. The Kier molecular flexibility index (Phi) is 6.79. The second kappa shape index (κ2) is 9.30. The topological polar surface area (TPSA) is 78.7 Å². The van der Waals surface area contributed by atoms with E-state index >= 15 is 0 Å². The Hall–Kier alpha value is -2.55. The summed E-state index contributed by atoms with van der Waals surface area (Å²) in [4.78, 5) is 27.5. The fraction of sp³-hybridized carbons (Fsp3) is 0.350. The van der Waals surface area contributed by atoms with Gasteiger partial charge in [-0.25, -0.2) is 4.39 Å². The number of nitrogens with zero attached hydrogens (tertiary/aromatic N) is 3. The number of nitrogens with one attached hydrogen (secondary N) is 1. The van der Waals surface area contributed by atoms with Crippen molar-refractivity contribution >= 4 is 23.2 Å². The lowest BCUT2D eigenvalue weighted by molar-refractivity contribution is -0.384. The molecule has 1 amide bonds. The summed E-state index contributed by atoms with van der Waals surface area (Å²) in [6, 6.07) is 10.1. The van der Waals surface area contributed by atoms with Crippen molar-refractivity contribution < 1.29 is 14.1 Å². The van der Waals surface area contributed by atoms with Gasteiger partial charge in [0.05, 0.1) is 11.0 Å². The van der Waals surface area contributed by atoms with E-state index in [0.717, 1.165) is 31.7 Å². The van der Waals surface area contributed by atoms with Crippen LogP contribution in [0.5, 0.6) is 0 Å². The molecule has 0 aromatic heterocycles. The molecule has 0 saturated carbocycles. The quantitative estimate of drug-likeness (QED) is 0.574. The zero-order valence-corrected chi connectivity index (χ0v) is 16.7. The first-order valence-corrected chi connectivity index (χ1v) is 9.63. The number of hydrogen-bond donors (Lipinski definition) is 1. The van der Waals surface area contributed by atoms with Crippen molar-refractivity contribution in [1.82, 2.24) is 15.1 Å². The van der Waals surface area contributed by atoms with Gasteiger partial charge < -0.3 is 10.2 Å². The van der Waals surface area contributed by atoms with Crippen LogP contribution in [0, 0.1) is 15.9 Å². The molecule has 154 valence electrons. The molecule has 2 aromatic rings. The molecule has 1 N–H and O–H groups in total. The number of carbonyl (C=O) groups excluding carboxylic acids is 1. The van der Waals surface area contributed by atoms with Crippen LogP contribution in [0.15, 0.2) is 42.5 Å². The molecule has 1 unspecified atom stereocenters.